The molecule has 1 atom stereocenters. The van der Waals surface area contributed by atoms with E-state index in [2.05, 4.69) is 38.3 Å². The van der Waals surface area contributed by atoms with Crippen molar-refractivity contribution in [3.05, 3.63) is 23.3 Å². The molecule has 0 aromatic heterocycles. The van der Waals surface area contributed by atoms with Gasteiger partial charge in [-0.1, -0.05) is 43.6 Å². The normalized spacial score (nSPS) is 16.5. The number of nitrogens with one attached hydrogen (secondary N) is 1. The van der Waals surface area contributed by atoms with Gasteiger partial charge in [0.15, 0.2) is 0 Å². The van der Waals surface area contributed by atoms with E-state index in [-0.39, 0.29) is 6.04 Å². The van der Waals surface area contributed by atoms with Crippen molar-refractivity contribution in [1.82, 2.24) is 5.43 Å². The number of nitrogens with two attached hydrogens (primary N) is 1. The molecule has 1 rings (SSSR count). The molecule has 0 amide bonds. The van der Waals surface area contributed by atoms with Crippen LogP contribution in [0.3, 0.4) is 0 Å². The van der Waals surface area contributed by atoms with E-state index < -0.39 is 0 Å². The molecule has 0 saturated carbocycles. The fraction of sp³-hybridized carbons (Fsp3) is 0.615. The minimum atomic E-state index is 0.0156. The van der Waals surface area contributed by atoms with Gasteiger partial charge in [-0.25, -0.2) is 0 Å². The Morgan fingerprint density at radius 1 is 1.44 bits per heavy atom. The molecular weight excluding hydrogens is 200 g/mol. The molecule has 1 aliphatic carbocycles. The van der Waals surface area contributed by atoms with Crippen LogP contribution in [0.15, 0.2) is 23.3 Å². The summed E-state index contributed by atoms with van der Waals surface area (Å²) in [7, 11) is 0. The molecule has 0 aromatic rings. The van der Waals surface area contributed by atoms with Crippen LogP contribution in [0.25, 0.3) is 0 Å². The van der Waals surface area contributed by atoms with Gasteiger partial charge >= 0.3 is 0 Å². The van der Waals surface area contributed by atoms with Crippen LogP contribution in [0.5, 0.6) is 0 Å². The van der Waals surface area contributed by atoms with E-state index in [9.17, 15) is 4.79 Å². The third-order valence-electron chi connectivity index (χ3n) is 2.37. The monoisotopic (exact) mass is 224 g/mol. The highest BCUT2D eigenvalue weighted by Crippen LogP contribution is 2.20. The third kappa shape index (κ3) is 5.83. The summed E-state index contributed by atoms with van der Waals surface area (Å²) >= 11 is 0. The molecule has 92 valence electrons. The number of allylic oxidation sites excluding steroid dienone is 3. The lowest BCUT2D eigenvalue weighted by molar-refractivity contribution is -0.108. The summed E-state index contributed by atoms with van der Waals surface area (Å²) in [5, 5.41) is 0. The van der Waals surface area contributed by atoms with Crippen molar-refractivity contribution >= 4 is 6.29 Å². The number of hydrogen-bond acceptors (Lipinski definition) is 3. The average molecular weight is 224 g/mol. The first-order valence-electron chi connectivity index (χ1n) is 5.95. The Bertz CT molecular complexity index is 257. The predicted molar refractivity (Wildman–Crippen MR) is 68.8 cm³/mol. The van der Waals surface area contributed by atoms with E-state index in [1.165, 1.54) is 17.6 Å². The Balaban J connectivity index is 0.000000673. The largest absolute Gasteiger partial charge is 0.303 e. The van der Waals surface area contributed by atoms with Gasteiger partial charge in [0.1, 0.15) is 6.29 Å². The molecule has 0 fully saturated rings. The zero-order chi connectivity index (χ0) is 12.4. The highest BCUT2D eigenvalue weighted by atomic mass is 16.1. The highest BCUT2D eigenvalue weighted by molar-refractivity contribution is 5.52. The van der Waals surface area contributed by atoms with Crippen LogP contribution in [-0.2, 0) is 4.79 Å². The molecule has 3 nitrogen and oxygen atoms in total. The molecule has 0 aliphatic heterocycles. The molecule has 1 aliphatic rings. The molecule has 0 bridgehead atoms. The third-order valence-corrected chi connectivity index (χ3v) is 2.37. The van der Waals surface area contributed by atoms with E-state index >= 15 is 0 Å². The van der Waals surface area contributed by atoms with Crippen LogP contribution in [0.2, 0.25) is 0 Å². The van der Waals surface area contributed by atoms with Crippen molar-refractivity contribution in [2.24, 2.45) is 5.84 Å². The van der Waals surface area contributed by atoms with Crippen molar-refractivity contribution in [2.45, 2.75) is 52.5 Å². The summed E-state index contributed by atoms with van der Waals surface area (Å²) < 4.78 is 0. The first kappa shape index (κ1) is 15.1. The Labute approximate surface area is 98.8 Å². The van der Waals surface area contributed by atoms with Gasteiger partial charge in [-0.05, 0) is 19.8 Å². The Morgan fingerprint density at radius 3 is 2.44 bits per heavy atom. The van der Waals surface area contributed by atoms with Crippen LogP contribution in [0, 0.1) is 0 Å². The smallest absolute Gasteiger partial charge is 0.121 e. The summed E-state index contributed by atoms with van der Waals surface area (Å²) in [4.78, 5) is 10.3. The summed E-state index contributed by atoms with van der Waals surface area (Å²) in [5.74, 6) is 5.35. The molecule has 0 spiro atoms. The fourth-order valence-electron chi connectivity index (χ4n) is 1.47. The van der Waals surface area contributed by atoms with Crippen molar-refractivity contribution < 1.29 is 4.79 Å². The first-order chi connectivity index (χ1) is 7.69. The standard InChI is InChI=1S/C10H16N2O.C3H8/c1-8-2-4-9(5-3-8)10(12-11)6-7-13;1-3-2/h2,4,7,10,12H,3,5-6,11H2,1H3;3H2,1-2H3. The molecule has 0 heterocycles. The van der Waals surface area contributed by atoms with Gasteiger partial charge < -0.3 is 4.79 Å². The van der Waals surface area contributed by atoms with Crippen LogP contribution in [0.1, 0.15) is 46.5 Å². The fourth-order valence-corrected chi connectivity index (χ4v) is 1.47. The number of carbonyl (C=O) groups is 1. The van der Waals surface area contributed by atoms with Crippen molar-refractivity contribution in [2.75, 3.05) is 0 Å². The maximum atomic E-state index is 10.3. The predicted octanol–water partition coefficient (Wildman–Crippen LogP) is 2.49. The van der Waals surface area contributed by atoms with E-state index in [1.54, 1.807) is 0 Å². The van der Waals surface area contributed by atoms with E-state index in [4.69, 9.17) is 5.84 Å². The summed E-state index contributed by atoms with van der Waals surface area (Å²) in [5.41, 5.74) is 5.26. The topological polar surface area (TPSA) is 55.1 Å². The van der Waals surface area contributed by atoms with Gasteiger partial charge in [0.05, 0.1) is 0 Å². The molecule has 3 heteroatoms. The molecule has 16 heavy (non-hydrogen) atoms. The minimum Gasteiger partial charge on any atom is -0.303 e. The maximum Gasteiger partial charge on any atom is 0.121 e. The Morgan fingerprint density at radius 2 is 2.06 bits per heavy atom. The van der Waals surface area contributed by atoms with Gasteiger partial charge in [-0.15, -0.1) is 0 Å². The zero-order valence-electron chi connectivity index (χ0n) is 10.6. The molecule has 1 unspecified atom stereocenters. The van der Waals surface area contributed by atoms with Gasteiger partial charge in [-0.2, -0.15) is 0 Å². The lowest BCUT2D eigenvalue weighted by Gasteiger charge is -2.19. The Kier molecular flexibility index (Phi) is 8.77. The lowest BCUT2D eigenvalue weighted by atomic mass is 9.93. The molecule has 0 aromatic carbocycles. The lowest BCUT2D eigenvalue weighted by Crippen LogP contribution is -2.37. The summed E-state index contributed by atoms with van der Waals surface area (Å²) in [6.45, 7) is 6.36. The van der Waals surface area contributed by atoms with Crippen LogP contribution in [-0.4, -0.2) is 12.3 Å². The van der Waals surface area contributed by atoms with E-state index in [1.807, 2.05) is 0 Å². The molecule has 0 radical (unpaired) electrons. The number of aldehydes is 1. The van der Waals surface area contributed by atoms with E-state index in [0.717, 1.165) is 19.1 Å². The molecular formula is C13H24N2O. The zero-order valence-corrected chi connectivity index (χ0v) is 10.6. The quantitative estimate of drug-likeness (QED) is 0.438. The van der Waals surface area contributed by atoms with E-state index in [0.29, 0.717) is 6.42 Å². The average Bonchev–Trinajstić information content (AvgIpc) is 2.28. The second-order valence-electron chi connectivity index (χ2n) is 4.08. The number of hydrogen-bond donors (Lipinski definition) is 2. The minimum absolute atomic E-state index is 0.0156. The van der Waals surface area contributed by atoms with Crippen LogP contribution >= 0.6 is 0 Å². The number of carbonyl (C=O) groups excluding carboxylic acids is 1. The van der Waals surface area contributed by atoms with Crippen LogP contribution in [0.4, 0.5) is 0 Å². The number of rotatable bonds is 4. The second kappa shape index (κ2) is 9.31. The Hall–Kier alpha value is -0.930. The van der Waals surface area contributed by atoms with Crippen molar-refractivity contribution in [3.8, 4) is 0 Å². The van der Waals surface area contributed by atoms with Crippen LogP contribution < -0.4 is 11.3 Å². The highest BCUT2D eigenvalue weighted by Gasteiger charge is 2.13. The summed E-state index contributed by atoms with van der Waals surface area (Å²) in [6, 6.07) is 0.0156. The first-order valence-corrected chi connectivity index (χ1v) is 5.95. The molecule has 0 saturated heterocycles. The maximum absolute atomic E-state index is 10.3. The van der Waals surface area contributed by atoms with Crippen molar-refractivity contribution in [3.63, 3.8) is 0 Å². The van der Waals surface area contributed by atoms with Gasteiger partial charge in [0, 0.05) is 12.5 Å². The van der Waals surface area contributed by atoms with Gasteiger partial charge in [0.25, 0.3) is 0 Å². The van der Waals surface area contributed by atoms with Crippen molar-refractivity contribution in [1.29, 1.82) is 0 Å². The SMILES string of the molecule is CC1=CC=C(C(CC=O)NN)CC1.CCC. The summed E-state index contributed by atoms with van der Waals surface area (Å²) in [6.07, 6.45) is 8.83. The van der Waals surface area contributed by atoms with Gasteiger partial charge in [-0.3, -0.25) is 11.3 Å². The number of hydrazine groups is 1. The molecule has 3 N–H and O–H groups in total. The van der Waals surface area contributed by atoms with Gasteiger partial charge in [0.2, 0.25) is 0 Å². The second-order valence-corrected chi connectivity index (χ2v) is 4.08.